The first-order chi connectivity index (χ1) is 1.41. The smallest absolute Gasteiger partial charge is 0.115 e. The molecule has 1 nitrogen and oxygen atoms in total. The molecule has 0 aromatic carbocycles. The molecule has 0 saturated heterocycles. The number of rotatable bonds is 0. The van der Waals surface area contributed by atoms with Crippen LogP contribution in [0.3, 0.4) is 0 Å². The molecule has 4 heteroatoms. The molecule has 0 heterocycles. The molecule has 0 amide bonds. The van der Waals surface area contributed by atoms with E-state index in [0.717, 1.165) is 0 Å². The first-order valence-electron chi connectivity index (χ1n) is 0.309. The van der Waals surface area contributed by atoms with Crippen LogP contribution < -0.4 is 0 Å². The number of halogens is 2. The van der Waals surface area contributed by atoms with Crippen LogP contribution in [0.1, 0.15) is 0 Å². The Bertz CT molecular complexity index is 6.00. The molecule has 0 rings (SSSR count). The van der Waals surface area contributed by atoms with Gasteiger partial charge in [0.1, 0.15) is 32.5 Å². The minimum Gasteiger partial charge on any atom is -0.230 e. The maximum Gasteiger partial charge on any atom is 0.115 e. The first-order valence-corrected chi connectivity index (χ1v) is 1.60. The van der Waals surface area contributed by atoms with Gasteiger partial charge >= 0.3 is 0 Å². The van der Waals surface area contributed by atoms with Gasteiger partial charge in [0.2, 0.25) is 0 Å². The van der Waals surface area contributed by atoms with Crippen LogP contribution in [-0.4, -0.2) is 0 Å². The Balaban J connectivity index is 0. The Morgan fingerprint density at radius 2 is 1.25 bits per heavy atom. The quantitative estimate of drug-likeness (QED) is 0.641. The second kappa shape index (κ2) is 8.82. The summed E-state index contributed by atoms with van der Waals surface area (Å²) in [7, 11) is 0. The van der Waals surface area contributed by atoms with Crippen LogP contribution in [-0.2, 0) is 25.3 Å². The predicted octanol–water partition coefficient (Wildman–Crippen LogP) is 1.62. The Kier molecular flexibility index (Phi) is 20.2. The largest absolute Gasteiger partial charge is 0.230 e. The van der Waals surface area contributed by atoms with E-state index in [4.69, 9.17) is 0 Å². The molecule has 0 N–H and O–H groups in total. The minimum atomic E-state index is 0. The topological polar surface area (TPSA) is 9.23 Å². The third-order valence-corrected chi connectivity index (χ3v) is 0. The molecule has 0 saturated carbocycles. The van der Waals surface area contributed by atoms with Gasteiger partial charge in [0, 0.05) is 22.4 Å². The SMILES string of the molecule is BrOBr.[Ta]. The van der Waals surface area contributed by atoms with E-state index in [2.05, 4.69) is 35.4 Å². The molecule has 0 fully saturated rings. The predicted molar refractivity (Wildman–Crippen MR) is 18.9 cm³/mol. The van der Waals surface area contributed by atoms with E-state index >= 15 is 0 Å². The molecule has 0 bridgehead atoms. The zero-order chi connectivity index (χ0) is 2.71. The number of hydrogen-bond acceptors (Lipinski definition) is 1. The average Bonchev–Trinajstić information content (AvgIpc) is 0.918. The Hall–Kier alpha value is 1.66. The zero-order valence-electron chi connectivity index (χ0n) is 1.61. The summed E-state index contributed by atoms with van der Waals surface area (Å²) in [5, 5.41) is 0. The summed E-state index contributed by atoms with van der Waals surface area (Å²) in [5.74, 6) is 0. The van der Waals surface area contributed by atoms with Crippen molar-refractivity contribution in [2.45, 2.75) is 0 Å². The Morgan fingerprint density at radius 1 is 1.25 bits per heavy atom. The monoisotopic (exact) mass is 355 g/mol. The molecule has 25 valence electrons. The van der Waals surface area contributed by atoms with E-state index in [1.54, 1.807) is 0 Å². The van der Waals surface area contributed by atoms with E-state index in [0.29, 0.717) is 0 Å². The van der Waals surface area contributed by atoms with Crippen LogP contribution in [0.4, 0.5) is 0 Å². The van der Waals surface area contributed by atoms with Crippen molar-refractivity contribution in [2.75, 3.05) is 0 Å². The molecule has 4 heavy (non-hydrogen) atoms. The third kappa shape index (κ3) is 9.40. The van der Waals surface area contributed by atoms with Gasteiger partial charge in [0.15, 0.2) is 0 Å². The molecule has 0 aromatic heterocycles. The molecule has 0 unspecified atom stereocenters. The number of hydrogen-bond donors (Lipinski definition) is 0. The standard InChI is InChI=1S/Br2O.Ta/c1-3-2;. The molecule has 0 atom stereocenters. The normalized spacial score (nSPS) is 4.50. The summed E-state index contributed by atoms with van der Waals surface area (Å²) in [5.41, 5.74) is 0. The maximum atomic E-state index is 3.88. The van der Waals surface area contributed by atoms with Gasteiger partial charge in [0.25, 0.3) is 0 Å². The second-order valence-corrected chi connectivity index (χ2v) is 1.57. The Labute approximate surface area is 57.5 Å². The first kappa shape index (κ1) is 9.18. The van der Waals surface area contributed by atoms with Crippen molar-refractivity contribution >= 4 is 32.5 Å². The molecule has 0 aliphatic carbocycles. The van der Waals surface area contributed by atoms with Crippen LogP contribution in [0.5, 0.6) is 0 Å². The molecule has 0 aromatic rings. The summed E-state index contributed by atoms with van der Waals surface area (Å²) in [6, 6.07) is 0. The van der Waals surface area contributed by atoms with Crippen molar-refractivity contribution in [2.24, 2.45) is 0 Å². The van der Waals surface area contributed by atoms with E-state index < -0.39 is 0 Å². The van der Waals surface area contributed by atoms with Gasteiger partial charge in [-0.05, 0) is 0 Å². The van der Waals surface area contributed by atoms with Gasteiger partial charge in [-0.3, -0.25) is 0 Å². The summed E-state index contributed by atoms with van der Waals surface area (Å²) < 4.78 is 3.88. The fourth-order valence-corrected chi connectivity index (χ4v) is 0. The molecule has 0 aliphatic heterocycles. The van der Waals surface area contributed by atoms with E-state index in [9.17, 15) is 0 Å². The van der Waals surface area contributed by atoms with Gasteiger partial charge in [-0.1, -0.05) is 0 Å². The van der Waals surface area contributed by atoms with Crippen molar-refractivity contribution in [3.63, 3.8) is 0 Å². The van der Waals surface area contributed by atoms with Gasteiger partial charge < -0.3 is 0 Å². The zero-order valence-corrected chi connectivity index (χ0v) is 8.00. The van der Waals surface area contributed by atoms with Crippen LogP contribution in [0.25, 0.3) is 0 Å². The average molecular weight is 357 g/mol. The van der Waals surface area contributed by atoms with Crippen molar-refractivity contribution in [1.29, 1.82) is 0 Å². The van der Waals surface area contributed by atoms with Crippen LogP contribution >= 0.6 is 32.5 Å². The fourth-order valence-electron chi connectivity index (χ4n) is 0. The van der Waals surface area contributed by atoms with E-state index in [1.807, 2.05) is 0 Å². The Morgan fingerprint density at radius 3 is 1.25 bits per heavy atom. The van der Waals surface area contributed by atoms with Gasteiger partial charge in [-0.25, -0.2) is 2.92 Å². The molecular formula is Br2OTa. The summed E-state index contributed by atoms with van der Waals surface area (Å²) >= 11 is 5.12. The van der Waals surface area contributed by atoms with Crippen LogP contribution in [0.15, 0.2) is 0 Å². The maximum absolute atomic E-state index is 3.88. The molecule has 0 spiro atoms. The minimum absolute atomic E-state index is 0. The van der Waals surface area contributed by atoms with Crippen molar-refractivity contribution in [1.82, 2.24) is 0 Å². The van der Waals surface area contributed by atoms with Gasteiger partial charge in [-0.15, -0.1) is 0 Å². The van der Waals surface area contributed by atoms with Crippen molar-refractivity contribution < 1.29 is 25.3 Å². The van der Waals surface area contributed by atoms with Crippen molar-refractivity contribution in [3.8, 4) is 0 Å². The van der Waals surface area contributed by atoms with Gasteiger partial charge in [-0.2, -0.15) is 0 Å². The summed E-state index contributed by atoms with van der Waals surface area (Å²) in [4.78, 5) is 0. The van der Waals surface area contributed by atoms with Crippen LogP contribution in [0, 0.1) is 0 Å². The second-order valence-electron chi connectivity index (χ2n) is 0.0583. The van der Waals surface area contributed by atoms with E-state index in [1.165, 1.54) is 0 Å². The molecule has 0 aliphatic rings. The van der Waals surface area contributed by atoms with Crippen LogP contribution in [0.2, 0.25) is 0 Å². The van der Waals surface area contributed by atoms with Crippen molar-refractivity contribution in [3.05, 3.63) is 0 Å². The van der Waals surface area contributed by atoms with E-state index in [-0.39, 0.29) is 22.4 Å². The fraction of sp³-hybridized carbons (Fsp3) is 0. The summed E-state index contributed by atoms with van der Waals surface area (Å²) in [6.07, 6.45) is 0. The molecule has 1 radical (unpaired) electrons. The van der Waals surface area contributed by atoms with Gasteiger partial charge in [0.05, 0.1) is 0 Å². The summed E-state index contributed by atoms with van der Waals surface area (Å²) in [6.45, 7) is 0. The molecular weight excluding hydrogens is 357 g/mol. The third-order valence-electron chi connectivity index (χ3n) is 0.